The second kappa shape index (κ2) is 20.8. The van der Waals surface area contributed by atoms with E-state index in [9.17, 15) is 0 Å². The van der Waals surface area contributed by atoms with Crippen LogP contribution in [0.1, 0.15) is 45.1 Å². The molecule has 64 heavy (non-hydrogen) atoms. The fraction of sp³-hybridized carbons (Fsp3) is 0.306. The standard InChI is InChI=1S/C49H51F2N9O2.2ClH/c1-3-61-43-29-32(30-44(45(43)52)62-4-2)31-58-25-21-33(22-26-58)60(57-48-53-41-19-11-7-15-37(41)46(55-48)35-13-5-9-17-39(35)50)34-23-27-59(28-24-34)49-54-42-20-12-8-16-38(42)47(56-49)36-14-6-10-18-40(36)51;;/h5-20,29-30,33-34H,3-4,21-28,31,52H2,1-2H3,(H,53,55,57);2*1H. The molecule has 11 nitrogen and oxygen atoms in total. The number of halogens is 4. The van der Waals surface area contributed by atoms with Gasteiger partial charge in [0, 0.05) is 66.7 Å². The SMILES string of the molecule is CCOc1cc(CN2CCC(N(Nc3nc(-c4ccccc4F)c4ccccc4n3)C3CCN(c4nc(-c5ccccc5F)c5ccccc5n4)CC3)CC2)cc(OCC)c1N.Cl.Cl. The molecule has 2 saturated heterocycles. The van der Waals surface area contributed by atoms with E-state index in [2.05, 4.69) is 20.2 Å². The lowest BCUT2D eigenvalue weighted by molar-refractivity contribution is 0.0808. The Morgan fingerprint density at radius 3 is 1.67 bits per heavy atom. The first-order valence-corrected chi connectivity index (χ1v) is 21.6. The van der Waals surface area contributed by atoms with Gasteiger partial charge in [0.25, 0.3) is 0 Å². The van der Waals surface area contributed by atoms with Crippen LogP contribution in [-0.4, -0.2) is 81.3 Å². The third kappa shape index (κ3) is 9.78. The van der Waals surface area contributed by atoms with Crippen molar-refractivity contribution in [3.05, 3.63) is 126 Å². The van der Waals surface area contributed by atoms with Crippen molar-refractivity contribution in [3.63, 3.8) is 0 Å². The Labute approximate surface area is 384 Å². The van der Waals surface area contributed by atoms with Gasteiger partial charge in [0.15, 0.2) is 0 Å². The first kappa shape index (κ1) is 46.1. The van der Waals surface area contributed by atoms with Crippen molar-refractivity contribution < 1.29 is 18.3 Å². The summed E-state index contributed by atoms with van der Waals surface area (Å²) in [7, 11) is 0. The molecule has 2 fully saturated rings. The number of nitrogens with zero attached hydrogens (tertiary/aromatic N) is 7. The molecular formula is C49H53Cl2F2N9O2. The maximum absolute atomic E-state index is 15.4. The van der Waals surface area contributed by atoms with Crippen LogP contribution in [0.5, 0.6) is 11.5 Å². The second-order valence-corrected chi connectivity index (χ2v) is 15.9. The maximum Gasteiger partial charge on any atom is 0.238 e. The number of hydrogen-bond acceptors (Lipinski definition) is 11. The molecule has 0 saturated carbocycles. The van der Waals surface area contributed by atoms with Crippen molar-refractivity contribution >= 4 is 64.2 Å². The van der Waals surface area contributed by atoms with E-state index in [1.165, 1.54) is 12.1 Å². The molecule has 2 aliphatic heterocycles. The Balaban J connectivity index is 0.00000306. The van der Waals surface area contributed by atoms with E-state index in [1.807, 2.05) is 86.6 Å². The van der Waals surface area contributed by atoms with Crippen LogP contribution in [-0.2, 0) is 6.54 Å². The van der Waals surface area contributed by atoms with Crippen molar-refractivity contribution in [1.29, 1.82) is 0 Å². The van der Waals surface area contributed by atoms with E-state index in [-0.39, 0.29) is 48.5 Å². The summed E-state index contributed by atoms with van der Waals surface area (Å²) in [6.45, 7) is 8.77. The molecule has 334 valence electrons. The molecule has 0 radical (unpaired) electrons. The smallest absolute Gasteiger partial charge is 0.238 e. The highest BCUT2D eigenvalue weighted by atomic mass is 35.5. The molecule has 0 bridgehead atoms. The van der Waals surface area contributed by atoms with E-state index in [0.717, 1.165) is 72.7 Å². The number of hydrazine groups is 1. The van der Waals surface area contributed by atoms with E-state index >= 15 is 8.78 Å². The summed E-state index contributed by atoms with van der Waals surface area (Å²) in [5.74, 6) is 1.65. The molecule has 2 aliphatic rings. The zero-order valence-corrected chi connectivity index (χ0v) is 37.6. The average molecular weight is 909 g/mol. The molecule has 0 aliphatic carbocycles. The normalized spacial score (nSPS) is 14.9. The topological polar surface area (TPSA) is 118 Å². The molecule has 15 heteroatoms. The number of aromatic nitrogens is 4. The van der Waals surface area contributed by atoms with Crippen molar-refractivity contribution in [2.45, 2.75) is 58.2 Å². The average Bonchev–Trinajstić information content (AvgIpc) is 3.30. The second-order valence-electron chi connectivity index (χ2n) is 15.9. The number of ether oxygens (including phenoxy) is 2. The maximum atomic E-state index is 15.4. The van der Waals surface area contributed by atoms with E-state index in [4.69, 9.17) is 35.1 Å². The lowest BCUT2D eigenvalue weighted by Crippen LogP contribution is -2.55. The highest BCUT2D eigenvalue weighted by Crippen LogP contribution is 2.36. The van der Waals surface area contributed by atoms with E-state index in [1.54, 1.807) is 24.3 Å². The van der Waals surface area contributed by atoms with Crippen LogP contribution in [0.4, 0.5) is 26.4 Å². The molecule has 3 N–H and O–H groups in total. The van der Waals surface area contributed by atoms with Gasteiger partial charge in [-0.25, -0.2) is 33.7 Å². The van der Waals surface area contributed by atoms with E-state index < -0.39 is 0 Å². The minimum absolute atomic E-state index is 0. The number of nitrogens with two attached hydrogens (primary N) is 1. The van der Waals surface area contributed by atoms with Gasteiger partial charge in [0.05, 0.1) is 35.6 Å². The van der Waals surface area contributed by atoms with Crippen molar-refractivity contribution in [1.82, 2.24) is 29.8 Å². The number of benzene rings is 5. The number of nitrogens with one attached hydrogen (secondary N) is 1. The van der Waals surface area contributed by atoms with Gasteiger partial charge in [-0.3, -0.25) is 10.3 Å². The molecule has 0 spiro atoms. The predicted molar refractivity (Wildman–Crippen MR) is 257 cm³/mol. The summed E-state index contributed by atoms with van der Waals surface area (Å²) in [6.07, 6.45) is 3.40. The summed E-state index contributed by atoms with van der Waals surface area (Å²) in [4.78, 5) is 24.7. The molecule has 2 aromatic heterocycles. The Morgan fingerprint density at radius 2 is 1.12 bits per heavy atom. The Bertz CT molecular complexity index is 2670. The van der Waals surface area contributed by atoms with Crippen LogP contribution in [0.25, 0.3) is 44.3 Å². The van der Waals surface area contributed by atoms with Crippen LogP contribution >= 0.6 is 24.8 Å². The number of piperidine rings is 2. The quantitative estimate of drug-likeness (QED) is 0.0851. The number of fused-ring (bicyclic) bond motifs is 2. The van der Waals surface area contributed by atoms with Crippen molar-refractivity contribution in [2.75, 3.05) is 55.5 Å². The van der Waals surface area contributed by atoms with E-state index in [0.29, 0.717) is 77.9 Å². The van der Waals surface area contributed by atoms with Crippen molar-refractivity contribution in [3.8, 4) is 34.0 Å². The zero-order valence-electron chi connectivity index (χ0n) is 35.9. The van der Waals surface area contributed by atoms with Gasteiger partial charge in [-0.1, -0.05) is 60.7 Å². The first-order chi connectivity index (χ1) is 30.4. The zero-order chi connectivity index (χ0) is 42.6. The first-order valence-electron chi connectivity index (χ1n) is 21.6. The van der Waals surface area contributed by atoms with Crippen LogP contribution < -0.4 is 25.5 Å². The Kier molecular flexibility index (Phi) is 15.0. The fourth-order valence-corrected chi connectivity index (χ4v) is 8.90. The summed E-state index contributed by atoms with van der Waals surface area (Å²) in [6, 6.07) is 33.4. The molecule has 7 aromatic rings. The number of para-hydroxylation sites is 2. The van der Waals surface area contributed by atoms with Crippen molar-refractivity contribution in [2.24, 2.45) is 0 Å². The summed E-state index contributed by atoms with van der Waals surface area (Å²) in [5.41, 5.74) is 15.2. The number of anilines is 3. The minimum atomic E-state index is -0.337. The van der Waals surface area contributed by atoms with Crippen LogP contribution in [0.15, 0.2) is 109 Å². The molecule has 0 unspecified atom stereocenters. The highest BCUT2D eigenvalue weighted by molar-refractivity contribution is 5.94. The molecule has 4 heterocycles. The van der Waals surface area contributed by atoms with Gasteiger partial charge in [0.1, 0.15) is 28.8 Å². The van der Waals surface area contributed by atoms with Crippen LogP contribution in [0.3, 0.4) is 0 Å². The van der Waals surface area contributed by atoms with Gasteiger partial charge in [-0.15, -0.1) is 24.8 Å². The number of nitrogen functional groups attached to an aromatic ring is 1. The molecule has 0 atom stereocenters. The third-order valence-electron chi connectivity index (χ3n) is 11.9. The fourth-order valence-electron chi connectivity index (χ4n) is 8.90. The predicted octanol–water partition coefficient (Wildman–Crippen LogP) is 10.4. The lowest BCUT2D eigenvalue weighted by Gasteiger charge is -2.45. The number of hydrogen-bond donors (Lipinski definition) is 2. The number of rotatable bonds is 13. The molecular weight excluding hydrogens is 856 g/mol. The van der Waals surface area contributed by atoms with Crippen LogP contribution in [0, 0.1) is 11.6 Å². The van der Waals surface area contributed by atoms with Crippen LogP contribution in [0.2, 0.25) is 0 Å². The summed E-state index contributed by atoms with van der Waals surface area (Å²) in [5, 5.41) is 3.95. The highest BCUT2D eigenvalue weighted by Gasteiger charge is 2.34. The molecule has 9 rings (SSSR count). The largest absolute Gasteiger partial charge is 0.492 e. The van der Waals surface area contributed by atoms with Gasteiger partial charge in [0.2, 0.25) is 11.9 Å². The Morgan fingerprint density at radius 1 is 0.641 bits per heavy atom. The van der Waals surface area contributed by atoms with Gasteiger partial charge in [-0.2, -0.15) is 0 Å². The lowest BCUT2D eigenvalue weighted by atomic mass is 9.98. The Hall–Kier alpha value is -5.86. The summed E-state index contributed by atoms with van der Waals surface area (Å²) < 4.78 is 42.3. The third-order valence-corrected chi connectivity index (χ3v) is 11.9. The molecule has 0 amide bonds. The van der Waals surface area contributed by atoms with Gasteiger partial charge < -0.3 is 20.1 Å². The van der Waals surface area contributed by atoms with Gasteiger partial charge in [-0.05, 0) is 93.6 Å². The summed E-state index contributed by atoms with van der Waals surface area (Å²) >= 11 is 0. The monoisotopic (exact) mass is 907 g/mol. The molecule has 5 aromatic carbocycles. The minimum Gasteiger partial charge on any atom is -0.492 e. The van der Waals surface area contributed by atoms with Gasteiger partial charge >= 0.3 is 0 Å². The number of likely N-dealkylation sites (tertiary alicyclic amines) is 1.